The summed E-state index contributed by atoms with van der Waals surface area (Å²) in [5, 5.41) is 0. The number of benzene rings is 3. The quantitative estimate of drug-likeness (QED) is 0.222. The van der Waals surface area contributed by atoms with Gasteiger partial charge in [-0.2, -0.15) is 0 Å². The third-order valence-corrected chi connectivity index (χ3v) is 6.45. The van der Waals surface area contributed by atoms with Gasteiger partial charge >= 0.3 is 5.97 Å². The lowest BCUT2D eigenvalue weighted by atomic mass is 10.0. The zero-order chi connectivity index (χ0) is 26.4. The highest BCUT2D eigenvalue weighted by Gasteiger charge is 2.43. The van der Waals surface area contributed by atoms with Crippen LogP contribution in [0.4, 0.5) is 11.4 Å². The van der Waals surface area contributed by atoms with Crippen molar-refractivity contribution in [2.45, 2.75) is 33.2 Å². The van der Waals surface area contributed by atoms with Crippen molar-refractivity contribution in [1.29, 1.82) is 0 Å². The van der Waals surface area contributed by atoms with E-state index in [1.54, 1.807) is 37.4 Å². The highest BCUT2D eigenvalue weighted by molar-refractivity contribution is 6.22. The van der Waals surface area contributed by atoms with Crippen molar-refractivity contribution in [1.82, 2.24) is 4.90 Å². The molecule has 3 aromatic carbocycles. The lowest BCUT2D eigenvalue weighted by Crippen LogP contribution is -2.47. The van der Waals surface area contributed by atoms with Gasteiger partial charge in [-0.1, -0.05) is 36.4 Å². The molecule has 4 rings (SSSR count). The second kappa shape index (κ2) is 11.6. The molecule has 3 aromatic rings. The van der Waals surface area contributed by atoms with Gasteiger partial charge in [0, 0.05) is 31.4 Å². The van der Waals surface area contributed by atoms with Gasteiger partial charge in [-0.3, -0.25) is 19.5 Å². The van der Waals surface area contributed by atoms with Gasteiger partial charge in [-0.05, 0) is 68.3 Å². The van der Waals surface area contributed by atoms with Crippen molar-refractivity contribution in [3.05, 3.63) is 95.1 Å². The van der Waals surface area contributed by atoms with Crippen LogP contribution in [0.3, 0.4) is 0 Å². The van der Waals surface area contributed by atoms with Gasteiger partial charge < -0.3 is 9.64 Å². The van der Waals surface area contributed by atoms with Crippen LogP contribution in [0.5, 0.6) is 0 Å². The van der Waals surface area contributed by atoms with Crippen molar-refractivity contribution in [3.8, 4) is 0 Å². The predicted octanol–water partition coefficient (Wildman–Crippen LogP) is 5.05. The van der Waals surface area contributed by atoms with Crippen LogP contribution in [0.2, 0.25) is 0 Å². The maximum Gasteiger partial charge on any atom is 0.329 e. The van der Waals surface area contributed by atoms with Gasteiger partial charge in [0.05, 0.1) is 23.4 Å². The van der Waals surface area contributed by atoms with Gasteiger partial charge in [0.25, 0.3) is 11.8 Å². The van der Waals surface area contributed by atoms with Gasteiger partial charge in [-0.25, -0.2) is 4.79 Å². The summed E-state index contributed by atoms with van der Waals surface area (Å²) in [6, 6.07) is 21.2. The minimum absolute atomic E-state index is 0.154. The molecule has 0 radical (unpaired) electrons. The van der Waals surface area contributed by atoms with Crippen molar-refractivity contribution in [2.24, 2.45) is 4.99 Å². The number of hydrogen-bond donors (Lipinski definition) is 0. The maximum absolute atomic E-state index is 13.0. The highest BCUT2D eigenvalue weighted by Crippen LogP contribution is 2.27. The average Bonchev–Trinajstić information content (AvgIpc) is 3.18. The van der Waals surface area contributed by atoms with E-state index in [1.165, 1.54) is 5.69 Å². The van der Waals surface area contributed by atoms with Gasteiger partial charge in [0.15, 0.2) is 0 Å². The van der Waals surface area contributed by atoms with E-state index in [0.717, 1.165) is 34.8 Å². The Morgan fingerprint density at radius 3 is 2.03 bits per heavy atom. The Bertz CT molecular complexity index is 1260. The molecule has 0 saturated carbocycles. The number of aliphatic imine (C=N–C) groups is 1. The number of carbonyl (C=O) groups excluding carboxylic acids is 3. The van der Waals surface area contributed by atoms with Crippen LogP contribution in [0.15, 0.2) is 77.8 Å². The molecule has 0 aliphatic carbocycles. The van der Waals surface area contributed by atoms with Crippen molar-refractivity contribution in [2.75, 3.05) is 24.6 Å². The van der Waals surface area contributed by atoms with E-state index in [-0.39, 0.29) is 13.0 Å². The van der Waals surface area contributed by atoms with Gasteiger partial charge in [0.1, 0.15) is 6.04 Å². The normalized spacial score (nSPS) is 13.6. The molecule has 2 amide bonds. The van der Waals surface area contributed by atoms with Crippen molar-refractivity contribution in [3.63, 3.8) is 0 Å². The van der Waals surface area contributed by atoms with Crippen LogP contribution in [0, 0.1) is 0 Å². The minimum Gasteiger partial charge on any atom is -0.464 e. The standard InChI is InChI=1S/C30H31N3O4/c1-4-32(5-2)24-17-13-22(14-18-24)20-31-23-15-11-21(12-16-23)19-27(30(36)37-6-3)33-28(34)25-9-7-8-10-26(25)29(33)35/h7-18,20,27H,4-6,19H2,1-3H3. The number of hydrogen-bond acceptors (Lipinski definition) is 6. The summed E-state index contributed by atoms with van der Waals surface area (Å²) >= 11 is 0. The van der Waals surface area contributed by atoms with Crippen LogP contribution in [0.1, 0.15) is 52.6 Å². The zero-order valence-corrected chi connectivity index (χ0v) is 21.4. The first-order chi connectivity index (χ1) is 18.0. The molecule has 7 heteroatoms. The van der Waals surface area contributed by atoms with Crippen LogP contribution in [-0.2, 0) is 16.0 Å². The summed E-state index contributed by atoms with van der Waals surface area (Å²) in [5.74, 6) is -1.56. The van der Waals surface area contributed by atoms with Crippen molar-refractivity contribution >= 4 is 35.4 Å². The topological polar surface area (TPSA) is 79.3 Å². The largest absolute Gasteiger partial charge is 0.464 e. The number of anilines is 1. The molecule has 0 bridgehead atoms. The summed E-state index contributed by atoms with van der Waals surface area (Å²) in [4.78, 5) is 46.7. The van der Waals surface area contributed by atoms with Crippen molar-refractivity contribution < 1.29 is 19.1 Å². The molecular formula is C30H31N3O4. The van der Waals surface area contributed by atoms with Gasteiger partial charge in [0.2, 0.25) is 0 Å². The molecular weight excluding hydrogens is 466 g/mol. The summed E-state index contributed by atoms with van der Waals surface area (Å²) in [6.07, 6.45) is 1.96. The van der Waals surface area contributed by atoms with E-state index in [0.29, 0.717) is 11.1 Å². The lowest BCUT2D eigenvalue weighted by molar-refractivity contribution is -0.147. The zero-order valence-electron chi connectivity index (χ0n) is 21.4. The average molecular weight is 498 g/mol. The van der Waals surface area contributed by atoms with E-state index in [4.69, 9.17) is 4.74 Å². The Kier molecular flexibility index (Phi) is 8.13. The van der Waals surface area contributed by atoms with E-state index in [2.05, 4.69) is 35.9 Å². The Morgan fingerprint density at radius 2 is 1.49 bits per heavy atom. The molecule has 0 saturated heterocycles. The molecule has 1 unspecified atom stereocenters. The lowest BCUT2D eigenvalue weighted by Gasteiger charge is -2.24. The summed E-state index contributed by atoms with van der Waals surface area (Å²) in [5.41, 5.74) is 4.32. The Labute approximate surface area is 217 Å². The fourth-order valence-corrected chi connectivity index (χ4v) is 4.46. The first kappa shape index (κ1) is 25.8. The molecule has 1 atom stereocenters. The number of amides is 2. The fraction of sp³-hybridized carbons (Fsp3) is 0.267. The number of esters is 1. The SMILES string of the molecule is CCOC(=O)C(Cc1ccc(N=Cc2ccc(N(CC)CC)cc2)cc1)N1C(=O)c2ccccc2C1=O. The summed E-state index contributed by atoms with van der Waals surface area (Å²) < 4.78 is 5.22. The van der Waals surface area contributed by atoms with Gasteiger partial charge in [-0.15, -0.1) is 0 Å². The first-order valence-corrected chi connectivity index (χ1v) is 12.6. The maximum atomic E-state index is 13.0. The molecule has 0 aromatic heterocycles. The smallest absolute Gasteiger partial charge is 0.329 e. The second-order valence-electron chi connectivity index (χ2n) is 8.69. The Morgan fingerprint density at radius 1 is 0.892 bits per heavy atom. The van der Waals surface area contributed by atoms with E-state index in [9.17, 15) is 14.4 Å². The number of fused-ring (bicyclic) bond motifs is 1. The third-order valence-electron chi connectivity index (χ3n) is 6.45. The molecule has 190 valence electrons. The number of rotatable bonds is 10. The van der Waals surface area contributed by atoms with E-state index in [1.807, 2.05) is 36.4 Å². The Hall–Kier alpha value is -4.26. The fourth-order valence-electron chi connectivity index (χ4n) is 4.46. The molecule has 1 heterocycles. The molecule has 7 nitrogen and oxygen atoms in total. The van der Waals surface area contributed by atoms with Crippen LogP contribution < -0.4 is 4.90 Å². The van der Waals surface area contributed by atoms with E-state index < -0.39 is 23.8 Å². The monoisotopic (exact) mass is 497 g/mol. The molecule has 0 fully saturated rings. The van der Waals surface area contributed by atoms with E-state index >= 15 is 0 Å². The predicted molar refractivity (Wildman–Crippen MR) is 145 cm³/mol. The minimum atomic E-state index is -1.05. The second-order valence-corrected chi connectivity index (χ2v) is 8.69. The third kappa shape index (κ3) is 5.61. The number of ether oxygens (including phenoxy) is 1. The van der Waals surface area contributed by atoms with Crippen LogP contribution in [0.25, 0.3) is 0 Å². The molecule has 1 aliphatic heterocycles. The molecule has 37 heavy (non-hydrogen) atoms. The van der Waals surface area contributed by atoms with Crippen LogP contribution >= 0.6 is 0 Å². The Balaban J connectivity index is 1.48. The number of nitrogens with zero attached hydrogens (tertiary/aromatic N) is 3. The summed E-state index contributed by atoms with van der Waals surface area (Å²) in [7, 11) is 0. The van der Waals surface area contributed by atoms with Crippen LogP contribution in [-0.4, -0.2) is 54.6 Å². The molecule has 1 aliphatic rings. The number of imide groups is 1. The molecule has 0 N–H and O–H groups in total. The highest BCUT2D eigenvalue weighted by atomic mass is 16.5. The summed E-state index contributed by atoms with van der Waals surface area (Å²) in [6.45, 7) is 8.04. The molecule has 0 spiro atoms. The first-order valence-electron chi connectivity index (χ1n) is 12.6. The number of carbonyl (C=O) groups is 3.